The van der Waals surface area contributed by atoms with Gasteiger partial charge in [0.15, 0.2) is 16.7 Å². The second-order valence-electron chi connectivity index (χ2n) is 7.19. The summed E-state index contributed by atoms with van der Waals surface area (Å²) in [5, 5.41) is -0.370. The zero-order valence-electron chi connectivity index (χ0n) is 17.3. The number of carbonyl (C=O) groups excluding carboxylic acids is 2. The molecule has 1 N–H and O–H groups in total. The van der Waals surface area contributed by atoms with Crippen molar-refractivity contribution in [3.05, 3.63) is 58.9 Å². The average molecular weight is 475 g/mol. The number of ether oxygens (including phenoxy) is 1. The molecule has 0 aliphatic carbocycles. The van der Waals surface area contributed by atoms with Crippen LogP contribution in [0, 0.1) is 0 Å². The summed E-state index contributed by atoms with van der Waals surface area (Å²) in [5.41, 5.74) is 0.856. The van der Waals surface area contributed by atoms with Crippen LogP contribution in [-0.4, -0.2) is 37.7 Å². The third-order valence-corrected chi connectivity index (χ3v) is 6.17. The van der Waals surface area contributed by atoms with Gasteiger partial charge in [0.2, 0.25) is 0 Å². The molecule has 0 spiro atoms. The highest BCUT2D eigenvalue weighted by Gasteiger charge is 2.31. The number of H-pyrrole nitrogens is 1. The van der Waals surface area contributed by atoms with Gasteiger partial charge in [-0.05, 0) is 44.2 Å². The van der Waals surface area contributed by atoms with E-state index in [1.54, 1.807) is 24.3 Å². The van der Waals surface area contributed by atoms with E-state index in [4.69, 9.17) is 0 Å². The fraction of sp³-hybridized carbons (Fsp3) is 0.182. The Labute approximate surface area is 188 Å². The summed E-state index contributed by atoms with van der Waals surface area (Å²) in [6.45, 7) is 2.52. The van der Waals surface area contributed by atoms with Crippen LogP contribution < -0.4 is 10.3 Å². The smallest absolute Gasteiger partial charge is 0.406 e. The van der Waals surface area contributed by atoms with E-state index in [1.807, 2.05) is 0 Å². The average Bonchev–Trinajstić information content (AvgIpc) is 3.10. The second-order valence-corrected chi connectivity index (χ2v) is 8.26. The lowest BCUT2D eigenvalue weighted by molar-refractivity contribution is -0.274. The number of aromatic nitrogens is 3. The fourth-order valence-corrected chi connectivity index (χ4v) is 4.38. The zero-order valence-corrected chi connectivity index (χ0v) is 18.1. The Morgan fingerprint density at radius 1 is 1.06 bits per heavy atom. The molecule has 2 heterocycles. The highest BCUT2D eigenvalue weighted by atomic mass is 32.2. The summed E-state index contributed by atoms with van der Waals surface area (Å²) in [4.78, 5) is 45.1. The maximum absolute atomic E-state index is 13.5. The molecule has 0 radical (unpaired) electrons. The van der Waals surface area contributed by atoms with Gasteiger partial charge in [-0.3, -0.25) is 19.0 Å². The number of hydrogen-bond acceptors (Lipinski definition) is 6. The Bertz CT molecular complexity index is 1430. The van der Waals surface area contributed by atoms with Crippen LogP contribution >= 0.6 is 11.8 Å². The van der Waals surface area contributed by atoms with Crippen LogP contribution in [0.3, 0.4) is 0 Å². The molecular formula is C22H16F3N3O4S. The van der Waals surface area contributed by atoms with Crippen LogP contribution in [0.15, 0.2) is 58.5 Å². The summed E-state index contributed by atoms with van der Waals surface area (Å²) < 4.78 is 42.6. The normalized spacial score (nSPS) is 11.9. The van der Waals surface area contributed by atoms with Gasteiger partial charge in [0.05, 0.1) is 5.69 Å². The van der Waals surface area contributed by atoms with Gasteiger partial charge >= 0.3 is 6.36 Å². The molecule has 0 saturated carbocycles. The molecule has 2 aromatic heterocycles. The van der Waals surface area contributed by atoms with Crippen molar-refractivity contribution in [3.63, 3.8) is 0 Å². The van der Waals surface area contributed by atoms with Crippen LogP contribution in [0.1, 0.15) is 13.8 Å². The van der Waals surface area contributed by atoms with E-state index >= 15 is 0 Å². The van der Waals surface area contributed by atoms with Gasteiger partial charge in [-0.2, -0.15) is 0 Å². The van der Waals surface area contributed by atoms with Crippen molar-refractivity contribution >= 4 is 45.3 Å². The minimum absolute atomic E-state index is 0.0529. The van der Waals surface area contributed by atoms with Crippen molar-refractivity contribution in [2.24, 2.45) is 0 Å². The van der Waals surface area contributed by atoms with Crippen molar-refractivity contribution in [2.75, 3.05) is 0 Å². The number of rotatable bonds is 6. The van der Waals surface area contributed by atoms with E-state index in [0.29, 0.717) is 16.4 Å². The first-order valence-electron chi connectivity index (χ1n) is 9.62. The maximum atomic E-state index is 13.5. The second kappa shape index (κ2) is 8.39. The van der Waals surface area contributed by atoms with Gasteiger partial charge in [0.1, 0.15) is 22.0 Å². The first-order chi connectivity index (χ1) is 15.5. The predicted molar refractivity (Wildman–Crippen MR) is 117 cm³/mol. The molecule has 0 amide bonds. The number of nitrogens with zero attached hydrogens (tertiary/aromatic N) is 2. The highest BCUT2D eigenvalue weighted by molar-refractivity contribution is 8.01. The van der Waals surface area contributed by atoms with Crippen molar-refractivity contribution in [3.8, 4) is 11.4 Å². The van der Waals surface area contributed by atoms with E-state index in [0.717, 1.165) is 28.5 Å². The van der Waals surface area contributed by atoms with Gasteiger partial charge in [0.25, 0.3) is 5.56 Å². The number of benzene rings is 2. The van der Waals surface area contributed by atoms with Crippen LogP contribution in [0.25, 0.3) is 27.6 Å². The molecular weight excluding hydrogens is 459 g/mol. The number of aromatic amines is 1. The van der Waals surface area contributed by atoms with E-state index in [2.05, 4.69) is 14.7 Å². The Morgan fingerprint density at radius 3 is 2.30 bits per heavy atom. The number of ketones is 2. The Kier molecular flexibility index (Phi) is 5.75. The van der Waals surface area contributed by atoms with Crippen molar-refractivity contribution in [1.82, 2.24) is 14.5 Å². The van der Waals surface area contributed by atoms with Gasteiger partial charge in [0, 0.05) is 10.9 Å². The number of carbonyl (C=O) groups is 2. The highest BCUT2D eigenvalue weighted by Crippen LogP contribution is 2.30. The molecule has 0 fully saturated rings. The lowest BCUT2D eigenvalue weighted by Crippen LogP contribution is -2.27. The number of halogens is 3. The molecule has 0 aliphatic heterocycles. The summed E-state index contributed by atoms with van der Waals surface area (Å²) >= 11 is 0.809. The Morgan fingerprint density at radius 2 is 1.70 bits per heavy atom. The third kappa shape index (κ3) is 4.49. The predicted octanol–water partition coefficient (Wildman–Crippen LogP) is 4.40. The lowest BCUT2D eigenvalue weighted by atomic mass is 10.2. The number of Topliss-reactive ketones (excluding diaryl/α,β-unsaturated/α-hetero) is 2. The number of hydrogen-bond donors (Lipinski definition) is 1. The van der Waals surface area contributed by atoms with E-state index in [9.17, 15) is 27.6 Å². The minimum atomic E-state index is -4.86. The Hall–Kier alpha value is -3.60. The standard InChI is InChI=1S/C22H16F3N3O4S/c1-11(29)19(12(2)30)33-21-27-17-15-5-3-4-6-16(15)26-18(17)20(31)28(21)13-7-9-14(10-8-13)32-22(23,24)25/h3-10,19,26H,1-2H3. The van der Waals surface area contributed by atoms with Gasteiger partial charge in [-0.25, -0.2) is 4.98 Å². The quantitative estimate of drug-likeness (QED) is 0.252. The molecule has 0 unspecified atom stereocenters. The van der Waals surface area contributed by atoms with Crippen LogP contribution in [0.2, 0.25) is 0 Å². The zero-order chi connectivity index (χ0) is 23.9. The maximum Gasteiger partial charge on any atom is 0.573 e. The molecule has 2 aromatic carbocycles. The summed E-state index contributed by atoms with van der Waals surface area (Å²) in [6, 6.07) is 11.8. The molecule has 0 saturated heterocycles. The Balaban J connectivity index is 1.94. The monoisotopic (exact) mass is 475 g/mol. The first kappa shape index (κ1) is 22.6. The largest absolute Gasteiger partial charge is 0.573 e. The molecule has 4 aromatic rings. The molecule has 33 heavy (non-hydrogen) atoms. The third-order valence-electron chi connectivity index (χ3n) is 4.78. The first-order valence-corrected chi connectivity index (χ1v) is 10.5. The van der Waals surface area contributed by atoms with Crippen LogP contribution in [0.5, 0.6) is 5.75 Å². The molecule has 0 aliphatic rings. The number of fused-ring (bicyclic) bond motifs is 3. The van der Waals surface area contributed by atoms with E-state index < -0.39 is 34.5 Å². The van der Waals surface area contributed by atoms with Crippen LogP contribution in [-0.2, 0) is 9.59 Å². The SMILES string of the molecule is CC(=O)C(Sc1nc2c([nH]c3ccccc32)c(=O)n1-c1ccc(OC(F)(F)F)cc1)C(C)=O. The molecule has 0 atom stereocenters. The van der Waals surface area contributed by atoms with Crippen molar-refractivity contribution in [1.29, 1.82) is 0 Å². The fourth-order valence-electron chi connectivity index (χ4n) is 3.40. The minimum Gasteiger partial charge on any atom is -0.406 e. The number of para-hydroxylation sites is 1. The molecule has 4 rings (SSSR count). The number of thioether (sulfide) groups is 1. The van der Waals surface area contributed by atoms with Gasteiger partial charge in [-0.15, -0.1) is 13.2 Å². The summed E-state index contributed by atoms with van der Waals surface area (Å²) in [6.07, 6.45) is -4.86. The van der Waals surface area contributed by atoms with Gasteiger partial charge < -0.3 is 9.72 Å². The summed E-state index contributed by atoms with van der Waals surface area (Å²) in [5.74, 6) is -1.29. The lowest BCUT2D eigenvalue weighted by Gasteiger charge is -2.16. The van der Waals surface area contributed by atoms with E-state index in [-0.39, 0.29) is 16.4 Å². The molecule has 7 nitrogen and oxygen atoms in total. The van der Waals surface area contributed by atoms with Crippen LogP contribution in [0.4, 0.5) is 13.2 Å². The molecule has 0 bridgehead atoms. The molecule has 170 valence electrons. The van der Waals surface area contributed by atoms with E-state index in [1.165, 1.54) is 26.0 Å². The number of alkyl halides is 3. The topological polar surface area (TPSA) is 94.1 Å². The van der Waals surface area contributed by atoms with Crippen molar-refractivity contribution in [2.45, 2.75) is 30.6 Å². The number of nitrogens with one attached hydrogen (secondary N) is 1. The van der Waals surface area contributed by atoms with Crippen molar-refractivity contribution < 1.29 is 27.5 Å². The van der Waals surface area contributed by atoms with Gasteiger partial charge in [-0.1, -0.05) is 30.0 Å². The molecule has 11 heteroatoms. The summed E-state index contributed by atoms with van der Waals surface area (Å²) in [7, 11) is 0.